The molecule has 3 rings (SSSR count). The number of anilines is 2. The minimum absolute atomic E-state index is 0.0765. The molecule has 0 aliphatic carbocycles. The summed E-state index contributed by atoms with van der Waals surface area (Å²) in [5.41, 5.74) is 6.29. The first-order chi connectivity index (χ1) is 15.4. The number of thiazole rings is 1. The second-order valence-corrected chi connectivity index (χ2v) is 8.37. The number of hydrogen-bond acceptors (Lipinski definition) is 7. The van der Waals surface area contributed by atoms with Crippen molar-refractivity contribution in [3.05, 3.63) is 72.3 Å². The molecule has 1 amide bonds. The van der Waals surface area contributed by atoms with Crippen LogP contribution >= 0.6 is 11.3 Å². The van der Waals surface area contributed by atoms with Crippen molar-refractivity contribution in [3.63, 3.8) is 0 Å². The molecule has 0 aliphatic heterocycles. The molecule has 0 unspecified atom stereocenters. The van der Waals surface area contributed by atoms with E-state index in [9.17, 15) is 14.4 Å². The molecule has 3 N–H and O–H groups in total. The topological polar surface area (TPSA) is 123 Å². The number of rotatable bonds is 9. The quantitative estimate of drug-likeness (QED) is 0.508. The number of carbonyl (C=O) groups excluding carboxylic acids is 1. The van der Waals surface area contributed by atoms with Crippen molar-refractivity contribution in [2.45, 2.75) is 33.2 Å². The first kappa shape index (κ1) is 23.4. The van der Waals surface area contributed by atoms with E-state index >= 15 is 0 Å². The van der Waals surface area contributed by atoms with E-state index in [1.807, 2.05) is 37.3 Å². The molecule has 9 nitrogen and oxygen atoms in total. The van der Waals surface area contributed by atoms with Crippen molar-refractivity contribution in [2.24, 2.45) is 0 Å². The van der Waals surface area contributed by atoms with Crippen molar-refractivity contribution >= 4 is 28.7 Å². The number of aromatic amines is 1. The van der Waals surface area contributed by atoms with Crippen molar-refractivity contribution in [1.29, 1.82) is 0 Å². The van der Waals surface area contributed by atoms with Gasteiger partial charge < -0.3 is 10.5 Å². The Balaban J connectivity index is 2.09. The van der Waals surface area contributed by atoms with Crippen molar-refractivity contribution < 1.29 is 9.53 Å². The largest absolute Gasteiger partial charge is 0.383 e. The van der Waals surface area contributed by atoms with Crippen LogP contribution in [0.25, 0.3) is 0 Å². The zero-order valence-corrected chi connectivity index (χ0v) is 19.2. The molecule has 0 atom stereocenters. The second kappa shape index (κ2) is 10.4. The Morgan fingerprint density at radius 2 is 2.00 bits per heavy atom. The maximum absolute atomic E-state index is 13.5. The van der Waals surface area contributed by atoms with E-state index < -0.39 is 17.2 Å². The highest BCUT2D eigenvalue weighted by Crippen LogP contribution is 2.25. The summed E-state index contributed by atoms with van der Waals surface area (Å²) >= 11 is 1.31. The molecule has 1 aromatic carbocycles. The second-order valence-electron chi connectivity index (χ2n) is 7.29. The Kier molecular flexibility index (Phi) is 7.60. The lowest BCUT2D eigenvalue weighted by Crippen LogP contribution is -2.42. The van der Waals surface area contributed by atoms with Gasteiger partial charge in [-0.25, -0.2) is 9.78 Å². The fourth-order valence-corrected chi connectivity index (χ4v) is 4.47. The number of nitrogens with zero attached hydrogens (tertiary/aromatic N) is 3. The molecule has 0 saturated carbocycles. The van der Waals surface area contributed by atoms with E-state index in [1.165, 1.54) is 27.9 Å². The summed E-state index contributed by atoms with van der Waals surface area (Å²) in [5, 5.41) is 0.857. The summed E-state index contributed by atoms with van der Waals surface area (Å²) in [5.74, 6) is -0.482. The minimum Gasteiger partial charge on any atom is -0.383 e. The van der Waals surface area contributed by atoms with Crippen molar-refractivity contribution in [2.75, 3.05) is 30.9 Å². The number of aromatic nitrogens is 3. The number of ether oxygens (including phenoxy) is 1. The zero-order valence-electron chi connectivity index (χ0n) is 18.4. The summed E-state index contributed by atoms with van der Waals surface area (Å²) < 4.78 is 6.41. The van der Waals surface area contributed by atoms with E-state index in [2.05, 4.69) is 9.97 Å². The highest BCUT2D eigenvalue weighted by molar-refractivity contribution is 7.14. The van der Waals surface area contributed by atoms with Crippen molar-refractivity contribution in [3.8, 4) is 0 Å². The van der Waals surface area contributed by atoms with Gasteiger partial charge in [0.25, 0.3) is 11.5 Å². The smallest absolute Gasteiger partial charge is 0.330 e. The van der Waals surface area contributed by atoms with Crippen LogP contribution in [0.2, 0.25) is 0 Å². The first-order valence-corrected chi connectivity index (χ1v) is 11.1. The van der Waals surface area contributed by atoms with Gasteiger partial charge >= 0.3 is 5.69 Å². The van der Waals surface area contributed by atoms with E-state index in [0.717, 1.165) is 23.4 Å². The molecule has 0 bridgehead atoms. The minimum atomic E-state index is -0.725. The summed E-state index contributed by atoms with van der Waals surface area (Å²) in [4.78, 5) is 47.3. The molecule has 32 heavy (non-hydrogen) atoms. The number of amides is 1. The van der Waals surface area contributed by atoms with Gasteiger partial charge in [0.2, 0.25) is 0 Å². The monoisotopic (exact) mass is 457 g/mol. The molecular formula is C22H27N5O4S. The van der Waals surface area contributed by atoms with Gasteiger partial charge in [0, 0.05) is 13.7 Å². The van der Waals surface area contributed by atoms with Crippen LogP contribution < -0.4 is 21.9 Å². The number of nitrogens with one attached hydrogen (secondary N) is 1. The highest BCUT2D eigenvalue weighted by Gasteiger charge is 2.28. The Morgan fingerprint density at radius 3 is 2.66 bits per heavy atom. The molecule has 2 heterocycles. The van der Waals surface area contributed by atoms with E-state index in [-0.39, 0.29) is 31.2 Å². The van der Waals surface area contributed by atoms with Gasteiger partial charge in [0.15, 0.2) is 5.69 Å². The number of carbonyl (C=O) groups is 1. The maximum atomic E-state index is 13.5. The predicted molar refractivity (Wildman–Crippen MR) is 126 cm³/mol. The Hall–Kier alpha value is -3.24. The summed E-state index contributed by atoms with van der Waals surface area (Å²) in [6.45, 7) is 4.23. The molecule has 0 saturated heterocycles. The number of aryl methyl sites for hydroxylation is 2. The number of nitrogen functional groups attached to an aromatic ring is 1. The predicted octanol–water partition coefficient (Wildman–Crippen LogP) is 2.18. The molecule has 0 fully saturated rings. The van der Waals surface area contributed by atoms with Gasteiger partial charge in [-0.15, -0.1) is 11.3 Å². The van der Waals surface area contributed by atoms with Crippen LogP contribution in [0.4, 0.5) is 11.5 Å². The number of nitrogens with two attached hydrogens (primary N) is 1. The Bertz CT molecular complexity index is 1200. The normalized spacial score (nSPS) is 11.0. The van der Waals surface area contributed by atoms with Crippen LogP contribution in [0.15, 0.2) is 39.9 Å². The van der Waals surface area contributed by atoms with Crippen LogP contribution in [0.5, 0.6) is 0 Å². The van der Waals surface area contributed by atoms with Gasteiger partial charge in [-0.3, -0.25) is 24.0 Å². The van der Waals surface area contributed by atoms with Crippen LogP contribution in [0, 0.1) is 6.92 Å². The number of benzene rings is 1. The third-order valence-corrected chi connectivity index (χ3v) is 6.14. The molecule has 0 radical (unpaired) electrons. The Morgan fingerprint density at radius 1 is 1.28 bits per heavy atom. The fraction of sp³-hybridized carbons (Fsp3) is 0.364. The van der Waals surface area contributed by atoms with Crippen LogP contribution in [-0.2, 0) is 17.7 Å². The molecule has 170 valence electrons. The summed E-state index contributed by atoms with van der Waals surface area (Å²) in [7, 11) is 1.50. The van der Waals surface area contributed by atoms with Crippen LogP contribution in [0.3, 0.4) is 0 Å². The standard InChI is InChI=1S/C22H27N5O4S/c1-4-8-16-24-14(2)18(32-16)21(29)26(11-12-31-3)17-19(23)27(22(30)25-20(17)28)13-15-9-6-5-7-10-15/h5-7,9-10H,4,8,11-13,23H2,1-3H3,(H,25,28,30). The SMILES string of the molecule is CCCc1nc(C)c(C(=O)N(CCOC)c2c(N)n(Cc3ccccc3)c(=O)[nH]c2=O)s1. The summed E-state index contributed by atoms with van der Waals surface area (Å²) in [6, 6.07) is 9.25. The number of H-pyrrole nitrogens is 1. The Labute approximate surface area is 189 Å². The van der Waals surface area contributed by atoms with E-state index in [0.29, 0.717) is 10.6 Å². The molecule has 10 heteroatoms. The molecule has 3 aromatic rings. The molecule has 0 aliphatic rings. The van der Waals surface area contributed by atoms with Crippen LogP contribution in [0.1, 0.15) is 39.3 Å². The van der Waals surface area contributed by atoms with Gasteiger partial charge in [-0.05, 0) is 25.3 Å². The van der Waals surface area contributed by atoms with Gasteiger partial charge in [0.05, 0.1) is 23.9 Å². The molecule has 2 aromatic heterocycles. The van der Waals surface area contributed by atoms with Gasteiger partial charge in [-0.1, -0.05) is 37.3 Å². The maximum Gasteiger partial charge on any atom is 0.330 e. The third-order valence-electron chi connectivity index (χ3n) is 4.93. The average Bonchev–Trinajstić information content (AvgIpc) is 3.14. The summed E-state index contributed by atoms with van der Waals surface area (Å²) in [6.07, 6.45) is 1.67. The molecular weight excluding hydrogens is 430 g/mol. The number of methoxy groups -OCH3 is 1. The highest BCUT2D eigenvalue weighted by atomic mass is 32.1. The van der Waals surface area contributed by atoms with E-state index in [4.69, 9.17) is 10.5 Å². The third kappa shape index (κ3) is 4.97. The lowest BCUT2D eigenvalue weighted by Gasteiger charge is -2.24. The number of hydrogen-bond donors (Lipinski definition) is 2. The van der Waals surface area contributed by atoms with Gasteiger partial charge in [-0.2, -0.15) is 0 Å². The zero-order chi connectivity index (χ0) is 23.3. The van der Waals surface area contributed by atoms with E-state index in [1.54, 1.807) is 6.92 Å². The van der Waals surface area contributed by atoms with Crippen LogP contribution in [-0.4, -0.2) is 40.7 Å². The molecule has 0 spiro atoms. The lowest BCUT2D eigenvalue weighted by atomic mass is 10.2. The van der Waals surface area contributed by atoms with Gasteiger partial charge in [0.1, 0.15) is 10.7 Å². The van der Waals surface area contributed by atoms with Crippen molar-refractivity contribution in [1.82, 2.24) is 14.5 Å². The lowest BCUT2D eigenvalue weighted by molar-refractivity contribution is 0.0978. The fourth-order valence-electron chi connectivity index (χ4n) is 3.35. The average molecular weight is 458 g/mol. The first-order valence-electron chi connectivity index (χ1n) is 10.3.